The van der Waals surface area contributed by atoms with Crippen molar-refractivity contribution in [3.05, 3.63) is 106 Å². The minimum absolute atomic E-state index is 0. The molecule has 2 aliphatic carbocycles. The third-order valence-corrected chi connectivity index (χ3v) is 4.99. The maximum Gasteiger partial charge on any atom is 4.00 e. The van der Waals surface area contributed by atoms with Crippen LogP contribution in [0.4, 0.5) is 0 Å². The van der Waals surface area contributed by atoms with Gasteiger partial charge in [0.05, 0.1) is 0 Å². The molecule has 29 heavy (non-hydrogen) atoms. The van der Waals surface area contributed by atoms with Crippen molar-refractivity contribution in [1.29, 1.82) is 0 Å². The Labute approximate surface area is 207 Å². The Morgan fingerprint density at radius 1 is 0.586 bits per heavy atom. The Morgan fingerprint density at radius 2 is 0.931 bits per heavy atom. The summed E-state index contributed by atoms with van der Waals surface area (Å²) in [6.45, 7) is 8.61. The quantitative estimate of drug-likeness (QED) is 0.542. The van der Waals surface area contributed by atoms with Gasteiger partial charge in [-0.3, -0.25) is 0 Å². The normalized spacial score (nSPS) is 13.9. The molecule has 3 heteroatoms. The van der Waals surface area contributed by atoms with Crippen LogP contribution < -0.4 is 24.8 Å². The van der Waals surface area contributed by atoms with Crippen LogP contribution in [0.3, 0.4) is 0 Å². The molecule has 2 aromatic rings. The van der Waals surface area contributed by atoms with E-state index in [4.69, 9.17) is 0 Å². The molecule has 2 aromatic carbocycles. The van der Waals surface area contributed by atoms with Crippen molar-refractivity contribution in [3.8, 4) is 0 Å². The fraction of sp³-hybridized carbons (Fsp3) is 0.231. The van der Waals surface area contributed by atoms with Gasteiger partial charge in [0, 0.05) is 0 Å². The topological polar surface area (TPSA) is 0 Å². The van der Waals surface area contributed by atoms with Crippen molar-refractivity contribution >= 4 is 11.1 Å². The molecular formula is C26H26Cl2Zr. The Kier molecular flexibility index (Phi) is 12.7. The third-order valence-electron chi connectivity index (χ3n) is 4.99. The molecule has 148 valence electrons. The van der Waals surface area contributed by atoms with E-state index < -0.39 is 0 Å². The van der Waals surface area contributed by atoms with Crippen LogP contribution >= 0.6 is 0 Å². The van der Waals surface area contributed by atoms with Gasteiger partial charge >= 0.3 is 26.2 Å². The van der Waals surface area contributed by atoms with E-state index in [1.807, 2.05) is 0 Å². The Bertz CT molecular complexity index is 856. The van der Waals surface area contributed by atoms with Gasteiger partial charge in [0.15, 0.2) is 0 Å². The largest absolute Gasteiger partial charge is 4.00 e. The zero-order valence-electron chi connectivity index (χ0n) is 17.4. The summed E-state index contributed by atoms with van der Waals surface area (Å²) in [4.78, 5) is 0. The molecule has 2 aliphatic rings. The molecule has 4 rings (SSSR count). The fourth-order valence-electron chi connectivity index (χ4n) is 3.42. The van der Waals surface area contributed by atoms with Crippen LogP contribution in [0.2, 0.25) is 0 Å². The molecule has 0 radical (unpaired) electrons. The zero-order chi connectivity index (χ0) is 18.5. The summed E-state index contributed by atoms with van der Waals surface area (Å²) >= 11 is 0. The maximum absolute atomic E-state index is 3.39. The first kappa shape index (κ1) is 27.9. The first-order valence-electron chi connectivity index (χ1n) is 9.26. The van der Waals surface area contributed by atoms with Crippen LogP contribution in [-0.2, 0) is 26.2 Å². The second-order valence-corrected chi connectivity index (χ2v) is 6.92. The van der Waals surface area contributed by atoms with E-state index in [1.165, 1.54) is 44.5 Å². The molecule has 0 unspecified atom stereocenters. The second-order valence-electron chi connectivity index (χ2n) is 6.92. The molecule has 0 amide bonds. The van der Waals surface area contributed by atoms with Gasteiger partial charge < -0.3 is 24.8 Å². The smallest absolute Gasteiger partial charge is 1.00 e. The second kappa shape index (κ2) is 13.2. The fourth-order valence-corrected chi connectivity index (χ4v) is 3.42. The van der Waals surface area contributed by atoms with Crippen molar-refractivity contribution < 1.29 is 51.0 Å². The Morgan fingerprint density at radius 3 is 1.21 bits per heavy atom. The van der Waals surface area contributed by atoms with Gasteiger partial charge in [0.1, 0.15) is 0 Å². The van der Waals surface area contributed by atoms with E-state index in [0.29, 0.717) is 0 Å². The Hall–Kier alpha value is -1.14. The van der Waals surface area contributed by atoms with Crippen LogP contribution in [-0.4, -0.2) is 0 Å². The molecule has 0 aromatic heterocycles. The van der Waals surface area contributed by atoms with Crippen molar-refractivity contribution in [2.75, 3.05) is 0 Å². The van der Waals surface area contributed by atoms with E-state index in [9.17, 15) is 0 Å². The predicted molar refractivity (Wildman–Crippen MR) is 112 cm³/mol. The summed E-state index contributed by atoms with van der Waals surface area (Å²) < 4.78 is 0. The third kappa shape index (κ3) is 6.96. The summed E-state index contributed by atoms with van der Waals surface area (Å²) in [7, 11) is 0. The molecule has 0 saturated carbocycles. The van der Waals surface area contributed by atoms with Gasteiger partial charge in [0.25, 0.3) is 0 Å². The van der Waals surface area contributed by atoms with Crippen molar-refractivity contribution in [3.63, 3.8) is 0 Å². The number of allylic oxidation sites excluding steroid dienone is 8. The monoisotopic (exact) mass is 498 g/mol. The number of halogens is 2. The number of aryl methyl sites for hydroxylation is 2. The van der Waals surface area contributed by atoms with E-state index in [2.05, 4.69) is 101 Å². The average Bonchev–Trinajstić information content (AvgIpc) is 3.25. The molecule has 0 nitrogen and oxygen atoms in total. The minimum atomic E-state index is 0. The van der Waals surface area contributed by atoms with Gasteiger partial charge in [-0.1, -0.05) is 88.1 Å². The van der Waals surface area contributed by atoms with Crippen LogP contribution in [0.25, 0.3) is 11.1 Å². The van der Waals surface area contributed by atoms with Crippen molar-refractivity contribution in [2.45, 2.75) is 40.5 Å². The summed E-state index contributed by atoms with van der Waals surface area (Å²) in [5.41, 5.74) is 10.6. The maximum atomic E-state index is 3.39. The summed E-state index contributed by atoms with van der Waals surface area (Å²) in [6.07, 6.45) is 13.2. The first-order valence-corrected chi connectivity index (χ1v) is 9.26. The average molecular weight is 501 g/mol. The summed E-state index contributed by atoms with van der Waals surface area (Å²) in [6, 6.07) is 17.0. The van der Waals surface area contributed by atoms with Crippen molar-refractivity contribution in [2.24, 2.45) is 0 Å². The Balaban J connectivity index is 0.000000490. The number of hydrogen-bond acceptors (Lipinski definition) is 0. The van der Waals surface area contributed by atoms with Gasteiger partial charge in [-0.15, -0.1) is 35.4 Å². The van der Waals surface area contributed by atoms with Crippen molar-refractivity contribution in [1.82, 2.24) is 0 Å². The summed E-state index contributed by atoms with van der Waals surface area (Å²) in [5, 5.41) is 0. The van der Waals surface area contributed by atoms with Gasteiger partial charge in [-0.2, -0.15) is 34.4 Å². The SMILES string of the molecule is CC1=CC[C-]=C1c1ccccc1C.CC1=CC[C-]=C1c1ccccc1C.[Cl-].[Cl-].[Zr+4]. The molecular weight excluding hydrogens is 474 g/mol. The van der Waals surface area contributed by atoms with Gasteiger partial charge in [-0.25, -0.2) is 0 Å². The van der Waals surface area contributed by atoms with E-state index in [0.717, 1.165) is 12.8 Å². The predicted octanol–water partition coefficient (Wildman–Crippen LogP) is 1.07. The molecule has 0 N–H and O–H groups in total. The molecule has 0 atom stereocenters. The van der Waals surface area contributed by atoms with Crippen LogP contribution in [0.15, 0.2) is 71.8 Å². The molecule has 0 aliphatic heterocycles. The molecule has 0 bridgehead atoms. The number of rotatable bonds is 2. The number of hydrogen-bond donors (Lipinski definition) is 0. The van der Waals surface area contributed by atoms with E-state index in [-0.39, 0.29) is 51.0 Å². The zero-order valence-corrected chi connectivity index (χ0v) is 21.4. The molecule has 0 saturated heterocycles. The van der Waals surface area contributed by atoms with E-state index in [1.54, 1.807) is 0 Å². The summed E-state index contributed by atoms with van der Waals surface area (Å²) in [5.74, 6) is 0. The molecule has 0 spiro atoms. The van der Waals surface area contributed by atoms with Crippen LogP contribution in [0, 0.1) is 26.0 Å². The minimum Gasteiger partial charge on any atom is -1.00 e. The van der Waals surface area contributed by atoms with Gasteiger partial charge in [0.2, 0.25) is 0 Å². The molecule has 0 fully saturated rings. The standard InChI is InChI=1S/2C13H13.2ClH.Zr/c2*1-10-6-3-4-8-12(10)13-9-5-7-11(13)2;;;/h2*3-4,6-8H,5H2,1-2H3;2*1H;/q2*-1;;;+4/p-2. The molecule has 0 heterocycles. The first-order chi connectivity index (χ1) is 12.6. The van der Waals surface area contributed by atoms with Gasteiger partial charge in [-0.05, 0) is 0 Å². The van der Waals surface area contributed by atoms with E-state index >= 15 is 0 Å². The number of benzene rings is 2. The van der Waals surface area contributed by atoms with Crippen LogP contribution in [0.1, 0.15) is 48.9 Å². The van der Waals surface area contributed by atoms with Crippen LogP contribution in [0.5, 0.6) is 0 Å².